The molecular weight excluding hydrogens is 214 g/mol. The van der Waals surface area contributed by atoms with E-state index in [9.17, 15) is 0 Å². The Hall–Kier alpha value is -0.900. The van der Waals surface area contributed by atoms with Crippen molar-refractivity contribution in [1.29, 1.82) is 0 Å². The highest BCUT2D eigenvalue weighted by Crippen LogP contribution is 2.36. The summed E-state index contributed by atoms with van der Waals surface area (Å²) >= 11 is 0. The van der Waals surface area contributed by atoms with Crippen LogP contribution in [0.15, 0.2) is 4.52 Å². The molecule has 1 aliphatic carbocycles. The summed E-state index contributed by atoms with van der Waals surface area (Å²) in [5, 5.41) is 4.09. The van der Waals surface area contributed by atoms with Crippen molar-refractivity contribution in [2.24, 2.45) is 11.7 Å². The van der Waals surface area contributed by atoms with Crippen molar-refractivity contribution in [2.75, 3.05) is 0 Å². The second kappa shape index (κ2) is 4.09. The smallest absolute Gasteiger partial charge is 0.232 e. The van der Waals surface area contributed by atoms with E-state index in [1.807, 2.05) is 0 Å². The third-order valence-electron chi connectivity index (χ3n) is 3.68. The summed E-state index contributed by atoms with van der Waals surface area (Å²) in [6, 6.07) is 0. The highest BCUT2D eigenvalue weighted by atomic mass is 16.5. The molecule has 1 saturated carbocycles. The predicted octanol–water partition coefficient (Wildman–Crippen LogP) is 2.73. The summed E-state index contributed by atoms with van der Waals surface area (Å²) in [6.07, 6.45) is 4.21. The van der Waals surface area contributed by atoms with Crippen molar-refractivity contribution in [3.8, 4) is 0 Å². The van der Waals surface area contributed by atoms with Gasteiger partial charge in [-0.3, -0.25) is 0 Å². The van der Waals surface area contributed by atoms with Gasteiger partial charge in [-0.05, 0) is 31.6 Å². The van der Waals surface area contributed by atoms with Crippen LogP contribution in [0.1, 0.15) is 65.1 Å². The first-order valence-electron chi connectivity index (χ1n) is 6.45. The van der Waals surface area contributed by atoms with Crippen LogP contribution in [-0.4, -0.2) is 10.1 Å². The van der Waals surface area contributed by atoms with Crippen LogP contribution in [0.4, 0.5) is 0 Å². The molecule has 1 aromatic heterocycles. The Morgan fingerprint density at radius 2 is 1.88 bits per heavy atom. The number of hydrogen-bond donors (Lipinski definition) is 1. The molecule has 1 fully saturated rings. The number of nitrogens with two attached hydrogens (primary N) is 1. The van der Waals surface area contributed by atoms with Crippen LogP contribution in [0, 0.1) is 5.92 Å². The third-order valence-corrected chi connectivity index (χ3v) is 3.68. The minimum Gasteiger partial charge on any atom is -0.339 e. The van der Waals surface area contributed by atoms with E-state index in [2.05, 4.69) is 37.8 Å². The number of aromatic nitrogens is 2. The minimum absolute atomic E-state index is 0.108. The van der Waals surface area contributed by atoms with E-state index in [0.29, 0.717) is 11.7 Å². The fourth-order valence-corrected chi connectivity index (χ4v) is 2.23. The molecule has 2 rings (SSSR count). The Labute approximate surface area is 103 Å². The van der Waals surface area contributed by atoms with E-state index in [-0.39, 0.29) is 11.0 Å². The van der Waals surface area contributed by atoms with E-state index in [4.69, 9.17) is 10.3 Å². The molecule has 0 radical (unpaired) electrons. The van der Waals surface area contributed by atoms with E-state index in [0.717, 1.165) is 31.6 Å². The standard InChI is InChI=1S/C13H23N3O/c1-9-5-7-13(14,8-6-9)10-15-11(17-16-10)12(2,3)4/h9H,5-8,14H2,1-4H3. The zero-order valence-electron chi connectivity index (χ0n) is 11.3. The first-order chi connectivity index (χ1) is 7.81. The second-order valence-corrected chi connectivity index (χ2v) is 6.51. The van der Waals surface area contributed by atoms with E-state index >= 15 is 0 Å². The first kappa shape index (κ1) is 12.6. The molecule has 17 heavy (non-hydrogen) atoms. The molecule has 4 heteroatoms. The minimum atomic E-state index is -0.375. The molecule has 1 heterocycles. The third kappa shape index (κ3) is 2.51. The molecule has 4 nitrogen and oxygen atoms in total. The molecule has 0 saturated heterocycles. The topological polar surface area (TPSA) is 64.9 Å². The summed E-state index contributed by atoms with van der Waals surface area (Å²) in [7, 11) is 0. The summed E-state index contributed by atoms with van der Waals surface area (Å²) in [4.78, 5) is 4.50. The van der Waals surface area contributed by atoms with E-state index in [1.54, 1.807) is 0 Å². The lowest BCUT2D eigenvalue weighted by Crippen LogP contribution is -2.41. The Kier molecular flexibility index (Phi) is 3.02. The maximum Gasteiger partial charge on any atom is 0.232 e. The molecule has 0 aliphatic heterocycles. The van der Waals surface area contributed by atoms with Gasteiger partial charge in [-0.1, -0.05) is 32.9 Å². The Morgan fingerprint density at radius 1 is 1.29 bits per heavy atom. The molecule has 2 N–H and O–H groups in total. The SMILES string of the molecule is CC1CCC(N)(c2noc(C(C)(C)C)n2)CC1. The summed E-state index contributed by atoms with van der Waals surface area (Å²) in [5.74, 6) is 2.13. The maximum absolute atomic E-state index is 6.41. The summed E-state index contributed by atoms with van der Waals surface area (Å²) < 4.78 is 5.33. The van der Waals surface area contributed by atoms with Crippen LogP contribution in [0.5, 0.6) is 0 Å². The Balaban J connectivity index is 2.20. The van der Waals surface area contributed by atoms with Gasteiger partial charge in [0.1, 0.15) is 0 Å². The summed E-state index contributed by atoms with van der Waals surface area (Å²) in [5.41, 5.74) is 5.93. The van der Waals surface area contributed by atoms with Crippen molar-refractivity contribution >= 4 is 0 Å². The zero-order valence-corrected chi connectivity index (χ0v) is 11.3. The molecule has 0 unspecified atom stereocenters. The molecule has 96 valence electrons. The van der Waals surface area contributed by atoms with Crippen molar-refractivity contribution < 1.29 is 4.52 Å². The van der Waals surface area contributed by atoms with Crippen molar-refractivity contribution in [3.05, 3.63) is 11.7 Å². The van der Waals surface area contributed by atoms with Gasteiger partial charge in [0.25, 0.3) is 0 Å². The predicted molar refractivity (Wildman–Crippen MR) is 66.5 cm³/mol. The van der Waals surface area contributed by atoms with Gasteiger partial charge in [0, 0.05) is 5.41 Å². The molecular formula is C13H23N3O. The average Bonchev–Trinajstić information content (AvgIpc) is 2.72. The van der Waals surface area contributed by atoms with Crippen LogP contribution in [0.2, 0.25) is 0 Å². The highest BCUT2D eigenvalue weighted by Gasteiger charge is 2.37. The Morgan fingerprint density at radius 3 is 2.35 bits per heavy atom. The van der Waals surface area contributed by atoms with Gasteiger partial charge >= 0.3 is 0 Å². The quantitative estimate of drug-likeness (QED) is 0.815. The van der Waals surface area contributed by atoms with Crippen molar-refractivity contribution in [3.63, 3.8) is 0 Å². The molecule has 0 atom stereocenters. The second-order valence-electron chi connectivity index (χ2n) is 6.51. The fourth-order valence-electron chi connectivity index (χ4n) is 2.23. The van der Waals surface area contributed by atoms with Crippen LogP contribution in [0.3, 0.4) is 0 Å². The van der Waals surface area contributed by atoms with Crippen LogP contribution < -0.4 is 5.73 Å². The van der Waals surface area contributed by atoms with Crippen LogP contribution in [0.25, 0.3) is 0 Å². The van der Waals surface area contributed by atoms with Gasteiger partial charge in [0.2, 0.25) is 5.89 Å². The van der Waals surface area contributed by atoms with Gasteiger partial charge in [-0.25, -0.2) is 0 Å². The normalized spacial score (nSPS) is 30.5. The van der Waals surface area contributed by atoms with Gasteiger partial charge in [-0.2, -0.15) is 4.98 Å². The molecule has 0 spiro atoms. The zero-order chi connectivity index (χ0) is 12.7. The lowest BCUT2D eigenvalue weighted by molar-refractivity contribution is 0.229. The van der Waals surface area contributed by atoms with Gasteiger partial charge in [-0.15, -0.1) is 0 Å². The summed E-state index contributed by atoms with van der Waals surface area (Å²) in [6.45, 7) is 8.47. The molecule has 0 aromatic carbocycles. The number of rotatable bonds is 1. The van der Waals surface area contributed by atoms with E-state index < -0.39 is 0 Å². The largest absolute Gasteiger partial charge is 0.339 e. The Bertz CT molecular complexity index is 384. The number of nitrogens with zero attached hydrogens (tertiary/aromatic N) is 2. The lowest BCUT2D eigenvalue weighted by Gasteiger charge is -2.33. The maximum atomic E-state index is 6.41. The highest BCUT2D eigenvalue weighted by molar-refractivity contribution is 5.08. The molecule has 1 aliphatic rings. The average molecular weight is 237 g/mol. The molecule has 1 aromatic rings. The molecule has 0 bridgehead atoms. The first-order valence-corrected chi connectivity index (χ1v) is 6.45. The van der Waals surface area contributed by atoms with Crippen LogP contribution in [-0.2, 0) is 11.0 Å². The number of hydrogen-bond acceptors (Lipinski definition) is 4. The van der Waals surface area contributed by atoms with Crippen molar-refractivity contribution in [2.45, 2.75) is 64.3 Å². The van der Waals surface area contributed by atoms with E-state index in [1.165, 1.54) is 0 Å². The lowest BCUT2D eigenvalue weighted by atomic mass is 9.77. The monoisotopic (exact) mass is 237 g/mol. The van der Waals surface area contributed by atoms with Crippen molar-refractivity contribution in [1.82, 2.24) is 10.1 Å². The van der Waals surface area contributed by atoms with Gasteiger partial charge in [0.15, 0.2) is 5.82 Å². The van der Waals surface area contributed by atoms with Gasteiger partial charge < -0.3 is 10.3 Å². The van der Waals surface area contributed by atoms with Crippen LogP contribution >= 0.6 is 0 Å². The van der Waals surface area contributed by atoms with Gasteiger partial charge in [0.05, 0.1) is 5.54 Å². The molecule has 0 amide bonds. The fraction of sp³-hybridized carbons (Fsp3) is 0.846.